The number of morpholine rings is 1. The SMILES string of the molecule is Cl.Cl.Fc1cccc(-n2cc(CN3CCOC4(CCNCC4)C3)cn2)c1. The molecule has 8 heteroatoms. The Morgan fingerprint density at radius 1 is 1.23 bits per heavy atom. The summed E-state index contributed by atoms with van der Waals surface area (Å²) in [7, 11) is 0. The molecule has 2 saturated heterocycles. The first-order chi connectivity index (χ1) is 11.7. The van der Waals surface area contributed by atoms with Crippen molar-refractivity contribution in [3.8, 4) is 5.69 Å². The molecule has 144 valence electrons. The predicted molar refractivity (Wildman–Crippen MR) is 104 cm³/mol. The average Bonchev–Trinajstić information content (AvgIpc) is 3.04. The summed E-state index contributed by atoms with van der Waals surface area (Å²) in [6, 6.07) is 6.50. The third kappa shape index (κ3) is 4.75. The molecule has 1 spiro atoms. The first kappa shape index (κ1) is 21.1. The molecular weight excluding hydrogens is 378 g/mol. The number of nitrogens with zero attached hydrogens (tertiary/aromatic N) is 3. The van der Waals surface area contributed by atoms with Gasteiger partial charge in [-0.25, -0.2) is 9.07 Å². The van der Waals surface area contributed by atoms with Crippen molar-refractivity contribution in [3.05, 3.63) is 48.0 Å². The zero-order chi connectivity index (χ0) is 16.4. The van der Waals surface area contributed by atoms with Crippen molar-refractivity contribution in [1.82, 2.24) is 20.0 Å². The van der Waals surface area contributed by atoms with Crippen molar-refractivity contribution in [3.63, 3.8) is 0 Å². The van der Waals surface area contributed by atoms with Crippen LogP contribution in [0.15, 0.2) is 36.7 Å². The minimum atomic E-state index is -0.245. The van der Waals surface area contributed by atoms with E-state index in [0.717, 1.165) is 63.4 Å². The number of piperidine rings is 1. The Bertz CT molecular complexity index is 700. The summed E-state index contributed by atoms with van der Waals surface area (Å²) in [5.74, 6) is -0.245. The average molecular weight is 403 g/mol. The van der Waals surface area contributed by atoms with Crippen LogP contribution >= 0.6 is 24.8 Å². The molecule has 5 nitrogen and oxygen atoms in total. The van der Waals surface area contributed by atoms with Gasteiger partial charge in [-0.05, 0) is 44.1 Å². The topological polar surface area (TPSA) is 42.3 Å². The Kier molecular flexibility index (Phi) is 7.43. The van der Waals surface area contributed by atoms with Crippen LogP contribution in [0.4, 0.5) is 4.39 Å². The van der Waals surface area contributed by atoms with Crippen molar-refractivity contribution in [1.29, 1.82) is 0 Å². The van der Waals surface area contributed by atoms with Crippen LogP contribution in [-0.2, 0) is 11.3 Å². The van der Waals surface area contributed by atoms with Gasteiger partial charge in [0.2, 0.25) is 0 Å². The summed E-state index contributed by atoms with van der Waals surface area (Å²) in [4.78, 5) is 2.45. The maximum Gasteiger partial charge on any atom is 0.125 e. The fourth-order valence-electron chi connectivity index (χ4n) is 3.70. The van der Waals surface area contributed by atoms with E-state index in [-0.39, 0.29) is 36.2 Å². The first-order valence-electron chi connectivity index (χ1n) is 8.59. The van der Waals surface area contributed by atoms with Crippen molar-refractivity contribution in [2.45, 2.75) is 25.0 Å². The van der Waals surface area contributed by atoms with Crippen molar-refractivity contribution >= 4 is 24.8 Å². The lowest BCUT2D eigenvalue weighted by atomic mass is 9.90. The van der Waals surface area contributed by atoms with E-state index in [1.54, 1.807) is 10.7 Å². The van der Waals surface area contributed by atoms with Crippen LogP contribution in [0.5, 0.6) is 0 Å². The Balaban J connectivity index is 0.00000121. The predicted octanol–water partition coefficient (Wildman–Crippen LogP) is 2.81. The minimum absolute atomic E-state index is 0. The smallest absolute Gasteiger partial charge is 0.125 e. The lowest BCUT2D eigenvalue weighted by molar-refractivity contribution is -0.125. The van der Waals surface area contributed by atoms with E-state index in [4.69, 9.17) is 4.74 Å². The van der Waals surface area contributed by atoms with Gasteiger partial charge < -0.3 is 10.1 Å². The van der Waals surface area contributed by atoms with Crippen LogP contribution in [0.1, 0.15) is 18.4 Å². The molecule has 0 amide bonds. The first-order valence-corrected chi connectivity index (χ1v) is 8.59. The number of aromatic nitrogens is 2. The molecule has 3 heterocycles. The van der Waals surface area contributed by atoms with Gasteiger partial charge >= 0.3 is 0 Å². The molecule has 4 rings (SSSR count). The van der Waals surface area contributed by atoms with Gasteiger partial charge in [0.05, 0.1) is 24.1 Å². The lowest BCUT2D eigenvalue weighted by Crippen LogP contribution is -2.55. The third-order valence-corrected chi connectivity index (χ3v) is 4.96. The monoisotopic (exact) mass is 402 g/mol. The van der Waals surface area contributed by atoms with Crippen molar-refractivity contribution in [2.24, 2.45) is 0 Å². The van der Waals surface area contributed by atoms with E-state index in [0.29, 0.717) is 0 Å². The Labute approximate surface area is 165 Å². The fraction of sp³-hybridized carbons (Fsp3) is 0.500. The molecule has 2 aromatic rings. The standard InChI is InChI=1S/C18H23FN4O.2ClH/c19-16-2-1-3-17(10-16)23-13-15(11-21-23)12-22-8-9-24-18(14-22)4-6-20-7-5-18;;/h1-3,10-11,13,20H,4-9,12,14H2;2*1H. The molecule has 0 radical (unpaired) electrons. The van der Waals surface area contributed by atoms with Crippen LogP contribution in [0.2, 0.25) is 0 Å². The van der Waals surface area contributed by atoms with Gasteiger partial charge in [0.15, 0.2) is 0 Å². The van der Waals surface area contributed by atoms with Crippen LogP contribution in [0.25, 0.3) is 5.69 Å². The number of halogens is 3. The highest BCUT2D eigenvalue weighted by Crippen LogP contribution is 2.28. The van der Waals surface area contributed by atoms with Crippen molar-refractivity contribution in [2.75, 3.05) is 32.8 Å². The van der Waals surface area contributed by atoms with E-state index >= 15 is 0 Å². The number of ether oxygens (including phenoxy) is 1. The molecular formula is C18H25Cl2FN4O. The number of hydrogen-bond donors (Lipinski definition) is 1. The van der Waals surface area contributed by atoms with Gasteiger partial charge in [0.25, 0.3) is 0 Å². The summed E-state index contributed by atoms with van der Waals surface area (Å²) in [6.45, 7) is 5.63. The minimum Gasteiger partial charge on any atom is -0.372 e. The van der Waals surface area contributed by atoms with E-state index in [1.807, 2.05) is 18.5 Å². The van der Waals surface area contributed by atoms with Crippen molar-refractivity contribution < 1.29 is 9.13 Å². The maximum atomic E-state index is 13.4. The lowest BCUT2D eigenvalue weighted by Gasteiger charge is -2.45. The number of benzene rings is 1. The molecule has 0 bridgehead atoms. The molecule has 1 aromatic heterocycles. The Hall–Kier alpha value is -1.18. The van der Waals surface area contributed by atoms with Gasteiger partial charge in [-0.15, -0.1) is 24.8 Å². The molecule has 2 fully saturated rings. The molecule has 2 aliphatic heterocycles. The van der Waals surface area contributed by atoms with Gasteiger partial charge in [0, 0.05) is 31.4 Å². The molecule has 2 aliphatic rings. The molecule has 0 unspecified atom stereocenters. The van der Waals surface area contributed by atoms with Crippen LogP contribution in [0, 0.1) is 5.82 Å². The highest BCUT2D eigenvalue weighted by atomic mass is 35.5. The molecule has 0 atom stereocenters. The fourth-order valence-corrected chi connectivity index (χ4v) is 3.70. The Morgan fingerprint density at radius 2 is 2.04 bits per heavy atom. The highest BCUT2D eigenvalue weighted by molar-refractivity contribution is 5.85. The molecule has 0 saturated carbocycles. The summed E-state index contributed by atoms with van der Waals surface area (Å²) in [6.07, 6.45) is 6.01. The second kappa shape index (κ2) is 9.15. The van der Waals surface area contributed by atoms with E-state index in [9.17, 15) is 4.39 Å². The second-order valence-electron chi connectivity index (χ2n) is 6.77. The second-order valence-corrected chi connectivity index (χ2v) is 6.77. The normalized spacial score (nSPS) is 19.6. The zero-order valence-electron chi connectivity index (χ0n) is 14.6. The molecule has 0 aliphatic carbocycles. The van der Waals surface area contributed by atoms with E-state index < -0.39 is 0 Å². The molecule has 26 heavy (non-hydrogen) atoms. The summed E-state index contributed by atoms with van der Waals surface area (Å²) < 4.78 is 21.2. The molecule has 1 N–H and O–H groups in total. The van der Waals surface area contributed by atoms with E-state index in [2.05, 4.69) is 15.3 Å². The Morgan fingerprint density at radius 3 is 2.81 bits per heavy atom. The van der Waals surface area contributed by atoms with Gasteiger partial charge in [-0.3, -0.25) is 4.90 Å². The van der Waals surface area contributed by atoms with Crippen LogP contribution < -0.4 is 5.32 Å². The number of hydrogen-bond acceptors (Lipinski definition) is 4. The quantitative estimate of drug-likeness (QED) is 0.856. The maximum absolute atomic E-state index is 13.4. The van der Waals surface area contributed by atoms with Crippen LogP contribution in [-0.4, -0.2) is 53.1 Å². The summed E-state index contributed by atoms with van der Waals surface area (Å²) in [5, 5.41) is 7.78. The number of rotatable bonds is 3. The highest BCUT2D eigenvalue weighted by Gasteiger charge is 2.37. The van der Waals surface area contributed by atoms with E-state index in [1.165, 1.54) is 12.1 Å². The zero-order valence-corrected chi connectivity index (χ0v) is 16.2. The van der Waals surface area contributed by atoms with Crippen LogP contribution in [0.3, 0.4) is 0 Å². The molecule has 1 aromatic carbocycles. The summed E-state index contributed by atoms with van der Waals surface area (Å²) in [5.41, 5.74) is 1.91. The van der Waals surface area contributed by atoms with Gasteiger partial charge in [0.1, 0.15) is 5.82 Å². The van der Waals surface area contributed by atoms with Gasteiger partial charge in [-0.1, -0.05) is 6.07 Å². The summed E-state index contributed by atoms with van der Waals surface area (Å²) >= 11 is 0. The largest absolute Gasteiger partial charge is 0.372 e. The third-order valence-electron chi connectivity index (χ3n) is 4.96. The van der Waals surface area contributed by atoms with Gasteiger partial charge in [-0.2, -0.15) is 5.10 Å². The number of nitrogens with one attached hydrogen (secondary N) is 1.